The summed E-state index contributed by atoms with van der Waals surface area (Å²) in [5, 5.41) is 10.5. The lowest BCUT2D eigenvalue weighted by molar-refractivity contribution is -0.155. The highest BCUT2D eigenvalue weighted by atomic mass is 16.7. The molecule has 0 aromatic heterocycles. The number of benzene rings is 1. The van der Waals surface area contributed by atoms with Crippen LogP contribution in [0.1, 0.15) is 36.4 Å². The minimum Gasteiger partial charge on any atom is -0.469 e. The van der Waals surface area contributed by atoms with Crippen molar-refractivity contribution in [3.8, 4) is 11.5 Å². The third kappa shape index (κ3) is 2.50. The monoisotopic (exact) mass is 359 g/mol. The maximum atomic E-state index is 12.0. The first kappa shape index (κ1) is 16.4. The number of carbonyl (C=O) groups is 1. The van der Waals surface area contributed by atoms with Gasteiger partial charge in [-0.2, -0.15) is 0 Å². The Bertz CT molecular complexity index is 735. The number of aliphatic hydroxyl groups is 1. The molecule has 1 aliphatic carbocycles. The molecular formula is C20H25NO5. The average molecular weight is 359 g/mol. The first-order chi connectivity index (χ1) is 12.6. The maximum Gasteiger partial charge on any atom is 0.311 e. The Hall–Kier alpha value is -1.79. The van der Waals surface area contributed by atoms with E-state index in [2.05, 4.69) is 17.0 Å². The predicted molar refractivity (Wildman–Crippen MR) is 92.9 cm³/mol. The van der Waals surface area contributed by atoms with E-state index in [4.69, 9.17) is 14.2 Å². The van der Waals surface area contributed by atoms with Gasteiger partial charge in [-0.3, -0.25) is 9.69 Å². The SMILES string of the molecule is COC(=O)[C@H]1C[C@H]2CN3CCc4cc5c(cc4[C@@H]3C[C@@H]2C[C@@H]1O)OCO5. The largest absolute Gasteiger partial charge is 0.469 e. The molecule has 1 saturated heterocycles. The van der Waals surface area contributed by atoms with Crippen LogP contribution in [-0.2, 0) is 16.0 Å². The van der Waals surface area contributed by atoms with Gasteiger partial charge in [-0.15, -0.1) is 0 Å². The number of carbonyl (C=O) groups excluding carboxylic acids is 1. The molecule has 5 rings (SSSR count). The van der Waals surface area contributed by atoms with Crippen LogP contribution < -0.4 is 9.47 Å². The molecule has 26 heavy (non-hydrogen) atoms. The summed E-state index contributed by atoms with van der Waals surface area (Å²) in [5.41, 5.74) is 2.71. The molecule has 1 aromatic rings. The Kier molecular flexibility index (Phi) is 3.87. The number of hydrogen-bond acceptors (Lipinski definition) is 6. The van der Waals surface area contributed by atoms with Crippen molar-refractivity contribution in [3.05, 3.63) is 23.3 Å². The first-order valence-electron chi connectivity index (χ1n) is 9.56. The second kappa shape index (κ2) is 6.13. The van der Waals surface area contributed by atoms with Gasteiger partial charge in [0.2, 0.25) is 6.79 Å². The molecule has 0 radical (unpaired) electrons. The summed E-state index contributed by atoms with van der Waals surface area (Å²) in [7, 11) is 1.41. The van der Waals surface area contributed by atoms with Crippen molar-refractivity contribution in [1.82, 2.24) is 4.90 Å². The molecule has 4 aliphatic rings. The number of piperidine rings is 1. The zero-order valence-electron chi connectivity index (χ0n) is 15.0. The standard InChI is InChI=1S/C20H25NO5/c1-24-20(23)15-4-13-9-21-3-2-11-7-18-19(26-10-25-18)8-14(11)16(21)5-12(13)6-17(15)22/h7-8,12-13,15-17,22H,2-6,9-10H2,1H3/t12-,13+,15+,16+,17+/m1/s1. The van der Waals surface area contributed by atoms with Gasteiger partial charge in [-0.1, -0.05) is 0 Å². The molecular weight excluding hydrogens is 334 g/mol. The number of aliphatic hydroxyl groups excluding tert-OH is 1. The fraction of sp³-hybridized carbons (Fsp3) is 0.650. The van der Waals surface area contributed by atoms with Gasteiger partial charge in [0.1, 0.15) is 0 Å². The number of hydrogen-bond donors (Lipinski definition) is 1. The molecule has 1 aromatic carbocycles. The molecule has 0 unspecified atom stereocenters. The number of esters is 1. The summed E-state index contributed by atoms with van der Waals surface area (Å²) in [6.45, 7) is 2.33. The van der Waals surface area contributed by atoms with Crippen molar-refractivity contribution in [3.63, 3.8) is 0 Å². The van der Waals surface area contributed by atoms with Gasteiger partial charge in [0, 0.05) is 19.1 Å². The highest BCUT2D eigenvalue weighted by Crippen LogP contribution is 2.49. The van der Waals surface area contributed by atoms with Gasteiger partial charge in [-0.05, 0) is 60.8 Å². The molecule has 0 bridgehead atoms. The zero-order chi connectivity index (χ0) is 17.8. The van der Waals surface area contributed by atoms with Crippen LogP contribution >= 0.6 is 0 Å². The fourth-order valence-corrected chi connectivity index (χ4v) is 5.49. The number of nitrogens with zero attached hydrogens (tertiary/aromatic N) is 1. The molecule has 6 nitrogen and oxygen atoms in total. The van der Waals surface area contributed by atoms with Gasteiger partial charge in [-0.25, -0.2) is 0 Å². The molecule has 3 heterocycles. The molecule has 1 saturated carbocycles. The van der Waals surface area contributed by atoms with Crippen molar-refractivity contribution >= 4 is 5.97 Å². The highest BCUT2D eigenvalue weighted by molar-refractivity contribution is 5.73. The van der Waals surface area contributed by atoms with E-state index in [1.54, 1.807) is 0 Å². The number of ether oxygens (including phenoxy) is 3. The predicted octanol–water partition coefficient (Wildman–Crippen LogP) is 1.89. The van der Waals surface area contributed by atoms with Gasteiger partial charge >= 0.3 is 5.97 Å². The second-order valence-corrected chi connectivity index (χ2v) is 8.09. The maximum absolute atomic E-state index is 12.0. The summed E-state index contributed by atoms with van der Waals surface area (Å²) >= 11 is 0. The first-order valence-corrected chi connectivity index (χ1v) is 9.56. The Labute approximate surface area is 153 Å². The van der Waals surface area contributed by atoms with E-state index in [0.717, 1.165) is 43.9 Å². The van der Waals surface area contributed by atoms with Crippen LogP contribution in [0.25, 0.3) is 0 Å². The third-order valence-corrected chi connectivity index (χ3v) is 6.83. The van der Waals surface area contributed by atoms with Crippen LogP contribution in [0.4, 0.5) is 0 Å². The third-order valence-electron chi connectivity index (χ3n) is 6.83. The van der Waals surface area contributed by atoms with E-state index in [-0.39, 0.29) is 11.9 Å². The summed E-state index contributed by atoms with van der Waals surface area (Å²) in [6.07, 6.45) is 2.88. The summed E-state index contributed by atoms with van der Waals surface area (Å²) in [5.74, 6) is 1.97. The summed E-state index contributed by atoms with van der Waals surface area (Å²) in [4.78, 5) is 14.5. The number of rotatable bonds is 1. The quantitative estimate of drug-likeness (QED) is 0.773. The number of methoxy groups -OCH3 is 1. The van der Waals surface area contributed by atoms with Crippen LogP contribution in [0.3, 0.4) is 0 Å². The second-order valence-electron chi connectivity index (χ2n) is 8.09. The lowest BCUT2D eigenvalue weighted by Gasteiger charge is -2.50. The van der Waals surface area contributed by atoms with Crippen LogP contribution in [0.15, 0.2) is 12.1 Å². The Balaban J connectivity index is 1.40. The van der Waals surface area contributed by atoms with Crippen molar-refractivity contribution in [2.45, 2.75) is 37.8 Å². The minimum atomic E-state index is -0.588. The summed E-state index contributed by atoms with van der Waals surface area (Å²) < 4.78 is 16.0. The molecule has 0 spiro atoms. The van der Waals surface area contributed by atoms with Gasteiger partial charge in [0.05, 0.1) is 19.1 Å². The van der Waals surface area contributed by atoms with E-state index < -0.39 is 6.10 Å². The van der Waals surface area contributed by atoms with E-state index in [9.17, 15) is 9.90 Å². The van der Waals surface area contributed by atoms with E-state index in [0.29, 0.717) is 31.1 Å². The zero-order valence-corrected chi connectivity index (χ0v) is 15.0. The van der Waals surface area contributed by atoms with Gasteiger partial charge < -0.3 is 19.3 Å². The Morgan fingerprint density at radius 1 is 1.19 bits per heavy atom. The van der Waals surface area contributed by atoms with Crippen LogP contribution in [0.5, 0.6) is 11.5 Å². The molecule has 0 amide bonds. The van der Waals surface area contributed by atoms with E-state index in [1.807, 2.05) is 0 Å². The van der Waals surface area contributed by atoms with Crippen LogP contribution in [-0.4, -0.2) is 49.1 Å². The van der Waals surface area contributed by atoms with Gasteiger partial charge in [0.15, 0.2) is 11.5 Å². The van der Waals surface area contributed by atoms with Crippen LogP contribution in [0, 0.1) is 17.8 Å². The smallest absolute Gasteiger partial charge is 0.311 e. The number of fused-ring (bicyclic) bond motifs is 5. The van der Waals surface area contributed by atoms with Crippen LogP contribution in [0.2, 0.25) is 0 Å². The highest BCUT2D eigenvalue weighted by Gasteiger charge is 2.46. The summed E-state index contributed by atoms with van der Waals surface area (Å²) in [6, 6.07) is 4.67. The fourth-order valence-electron chi connectivity index (χ4n) is 5.49. The van der Waals surface area contributed by atoms with Crippen molar-refractivity contribution in [2.24, 2.45) is 17.8 Å². The molecule has 2 fully saturated rings. The van der Waals surface area contributed by atoms with Gasteiger partial charge in [0.25, 0.3) is 0 Å². The van der Waals surface area contributed by atoms with Crippen molar-refractivity contribution in [1.29, 1.82) is 0 Å². The lowest BCUT2D eigenvalue weighted by atomic mass is 9.66. The lowest BCUT2D eigenvalue weighted by Crippen LogP contribution is -2.51. The normalized spacial score (nSPS) is 35.2. The topological polar surface area (TPSA) is 68.2 Å². The molecule has 3 aliphatic heterocycles. The molecule has 6 heteroatoms. The minimum absolute atomic E-state index is 0.269. The average Bonchev–Trinajstić information content (AvgIpc) is 3.11. The molecule has 140 valence electrons. The molecule has 1 N–H and O–H groups in total. The Morgan fingerprint density at radius 2 is 2.00 bits per heavy atom. The van der Waals surface area contributed by atoms with E-state index >= 15 is 0 Å². The van der Waals surface area contributed by atoms with Crippen molar-refractivity contribution < 1.29 is 24.1 Å². The van der Waals surface area contributed by atoms with E-state index in [1.165, 1.54) is 18.2 Å². The van der Waals surface area contributed by atoms with Crippen molar-refractivity contribution in [2.75, 3.05) is 27.0 Å². The molecule has 5 atom stereocenters. The Morgan fingerprint density at radius 3 is 2.81 bits per heavy atom.